The summed E-state index contributed by atoms with van der Waals surface area (Å²) in [6.07, 6.45) is 17.8. The van der Waals surface area contributed by atoms with Crippen LogP contribution in [0.3, 0.4) is 0 Å². The normalized spacial score (nSPS) is 25.9. The van der Waals surface area contributed by atoms with E-state index in [1.807, 2.05) is 0 Å². The van der Waals surface area contributed by atoms with Crippen molar-refractivity contribution in [1.82, 2.24) is 0 Å². The molecule has 0 aromatic rings. The molecule has 1 fully saturated rings. The summed E-state index contributed by atoms with van der Waals surface area (Å²) in [7, 11) is 0. The second kappa shape index (κ2) is 9.07. The molecule has 0 aliphatic heterocycles. The minimum Gasteiger partial charge on any atom is -0.0654 e. The molecule has 0 aromatic carbocycles. The van der Waals surface area contributed by atoms with E-state index in [0.717, 1.165) is 11.8 Å². The molecule has 0 bridgehead atoms. The molecule has 2 atom stereocenters. The van der Waals surface area contributed by atoms with Crippen LogP contribution in [-0.4, -0.2) is 0 Å². The lowest BCUT2D eigenvalue weighted by molar-refractivity contribution is 0.244. The van der Waals surface area contributed by atoms with Gasteiger partial charge in [0.15, 0.2) is 0 Å². The molecule has 1 rings (SSSR count). The zero-order valence-electron chi connectivity index (χ0n) is 11.6. The van der Waals surface area contributed by atoms with Gasteiger partial charge in [0, 0.05) is 0 Å². The van der Waals surface area contributed by atoms with E-state index < -0.39 is 0 Å². The highest BCUT2D eigenvalue weighted by atomic mass is 14.3. The standard InChI is InChI=1S/C16H32/c1-3-5-6-7-8-9-11-16-13-10-12-15(4-2)14-16/h15-16H,3-14H2,1-2H3. The first-order valence-electron chi connectivity index (χ1n) is 7.86. The number of rotatable bonds is 8. The molecule has 1 aliphatic rings. The van der Waals surface area contributed by atoms with Gasteiger partial charge in [-0.15, -0.1) is 0 Å². The van der Waals surface area contributed by atoms with Crippen LogP contribution in [0.25, 0.3) is 0 Å². The third kappa shape index (κ3) is 5.92. The van der Waals surface area contributed by atoms with Crippen molar-refractivity contribution in [2.75, 3.05) is 0 Å². The summed E-state index contributed by atoms with van der Waals surface area (Å²) in [4.78, 5) is 0. The maximum atomic E-state index is 2.37. The van der Waals surface area contributed by atoms with Crippen LogP contribution in [0.15, 0.2) is 0 Å². The summed E-state index contributed by atoms with van der Waals surface area (Å²) < 4.78 is 0. The molecule has 0 heterocycles. The predicted octanol–water partition coefficient (Wildman–Crippen LogP) is 5.95. The summed E-state index contributed by atoms with van der Waals surface area (Å²) in [5, 5.41) is 0. The Balaban J connectivity index is 1.95. The lowest BCUT2D eigenvalue weighted by Gasteiger charge is -2.28. The molecule has 0 nitrogen and oxygen atoms in total. The maximum Gasteiger partial charge on any atom is -0.0412 e. The van der Waals surface area contributed by atoms with E-state index in [0.29, 0.717) is 0 Å². The minimum atomic E-state index is 1.07. The second-order valence-corrected chi connectivity index (χ2v) is 5.86. The molecule has 0 amide bonds. The lowest BCUT2D eigenvalue weighted by atomic mass is 9.78. The summed E-state index contributed by atoms with van der Waals surface area (Å²) in [6, 6.07) is 0. The molecular weight excluding hydrogens is 192 g/mol. The summed E-state index contributed by atoms with van der Waals surface area (Å²) in [5.74, 6) is 2.16. The smallest absolute Gasteiger partial charge is 0.0412 e. The summed E-state index contributed by atoms with van der Waals surface area (Å²) in [5.41, 5.74) is 0. The van der Waals surface area contributed by atoms with Crippen molar-refractivity contribution in [3.63, 3.8) is 0 Å². The highest BCUT2D eigenvalue weighted by Crippen LogP contribution is 2.33. The Morgan fingerprint density at radius 2 is 1.50 bits per heavy atom. The molecule has 0 saturated heterocycles. The van der Waals surface area contributed by atoms with Crippen LogP contribution < -0.4 is 0 Å². The number of unbranched alkanes of at least 4 members (excludes halogenated alkanes) is 5. The van der Waals surface area contributed by atoms with Crippen LogP contribution >= 0.6 is 0 Å². The number of hydrogen-bond acceptors (Lipinski definition) is 0. The van der Waals surface area contributed by atoms with Crippen molar-refractivity contribution in [1.29, 1.82) is 0 Å². The van der Waals surface area contributed by atoms with Gasteiger partial charge >= 0.3 is 0 Å². The van der Waals surface area contributed by atoms with Crippen LogP contribution in [0.2, 0.25) is 0 Å². The summed E-state index contributed by atoms with van der Waals surface area (Å²) in [6.45, 7) is 4.67. The predicted molar refractivity (Wildman–Crippen MR) is 73.7 cm³/mol. The molecule has 1 aliphatic carbocycles. The van der Waals surface area contributed by atoms with Crippen LogP contribution in [0.4, 0.5) is 0 Å². The topological polar surface area (TPSA) is 0 Å². The Bertz CT molecular complexity index is 150. The van der Waals surface area contributed by atoms with Crippen molar-refractivity contribution in [2.24, 2.45) is 11.8 Å². The van der Waals surface area contributed by atoms with Gasteiger partial charge in [-0.2, -0.15) is 0 Å². The van der Waals surface area contributed by atoms with Crippen molar-refractivity contribution in [3.05, 3.63) is 0 Å². The van der Waals surface area contributed by atoms with Crippen molar-refractivity contribution < 1.29 is 0 Å². The fourth-order valence-corrected chi connectivity index (χ4v) is 3.25. The molecule has 96 valence electrons. The van der Waals surface area contributed by atoms with Gasteiger partial charge in [0.1, 0.15) is 0 Å². The van der Waals surface area contributed by atoms with E-state index in [-0.39, 0.29) is 0 Å². The molecule has 0 aromatic heterocycles. The minimum absolute atomic E-state index is 1.07. The van der Waals surface area contributed by atoms with Gasteiger partial charge in [0.2, 0.25) is 0 Å². The molecule has 2 unspecified atom stereocenters. The Hall–Kier alpha value is 0. The molecule has 0 radical (unpaired) electrons. The third-order valence-corrected chi connectivity index (χ3v) is 4.43. The molecule has 16 heavy (non-hydrogen) atoms. The molecule has 0 heteroatoms. The van der Waals surface area contributed by atoms with Gasteiger partial charge < -0.3 is 0 Å². The van der Waals surface area contributed by atoms with Crippen molar-refractivity contribution >= 4 is 0 Å². The Morgan fingerprint density at radius 3 is 2.25 bits per heavy atom. The van der Waals surface area contributed by atoms with Gasteiger partial charge in [-0.05, 0) is 18.3 Å². The van der Waals surface area contributed by atoms with E-state index >= 15 is 0 Å². The molecule has 0 spiro atoms. The summed E-state index contributed by atoms with van der Waals surface area (Å²) >= 11 is 0. The fourth-order valence-electron chi connectivity index (χ4n) is 3.25. The zero-order chi connectivity index (χ0) is 11.6. The fraction of sp³-hybridized carbons (Fsp3) is 1.00. The first kappa shape index (κ1) is 14.1. The van der Waals surface area contributed by atoms with E-state index in [9.17, 15) is 0 Å². The highest BCUT2D eigenvalue weighted by molar-refractivity contribution is 4.72. The monoisotopic (exact) mass is 224 g/mol. The quantitative estimate of drug-likeness (QED) is 0.447. The van der Waals surface area contributed by atoms with E-state index in [4.69, 9.17) is 0 Å². The maximum absolute atomic E-state index is 2.37. The average molecular weight is 224 g/mol. The highest BCUT2D eigenvalue weighted by Gasteiger charge is 2.19. The van der Waals surface area contributed by atoms with Gasteiger partial charge in [-0.25, -0.2) is 0 Å². The van der Waals surface area contributed by atoms with Gasteiger partial charge in [0.05, 0.1) is 0 Å². The lowest BCUT2D eigenvalue weighted by Crippen LogP contribution is -2.14. The average Bonchev–Trinajstić information content (AvgIpc) is 2.34. The van der Waals surface area contributed by atoms with Crippen molar-refractivity contribution in [2.45, 2.75) is 90.9 Å². The molecule has 0 N–H and O–H groups in total. The van der Waals surface area contributed by atoms with Crippen LogP contribution in [0.5, 0.6) is 0 Å². The zero-order valence-corrected chi connectivity index (χ0v) is 11.6. The van der Waals surface area contributed by atoms with Crippen LogP contribution in [0, 0.1) is 11.8 Å². The first-order chi connectivity index (χ1) is 7.86. The Labute approximate surface area is 103 Å². The SMILES string of the molecule is CCCCCCCCC1CCCC(CC)C1. The second-order valence-electron chi connectivity index (χ2n) is 5.86. The Kier molecular flexibility index (Phi) is 7.98. The number of hydrogen-bond donors (Lipinski definition) is 0. The van der Waals surface area contributed by atoms with E-state index in [2.05, 4.69) is 13.8 Å². The van der Waals surface area contributed by atoms with Gasteiger partial charge in [0.25, 0.3) is 0 Å². The van der Waals surface area contributed by atoms with Crippen LogP contribution in [-0.2, 0) is 0 Å². The largest absolute Gasteiger partial charge is 0.0654 e. The van der Waals surface area contributed by atoms with Crippen LogP contribution in [0.1, 0.15) is 90.9 Å². The third-order valence-electron chi connectivity index (χ3n) is 4.43. The molecular formula is C16H32. The van der Waals surface area contributed by atoms with Gasteiger partial charge in [-0.1, -0.05) is 84.5 Å². The van der Waals surface area contributed by atoms with E-state index in [1.54, 1.807) is 6.42 Å². The Morgan fingerprint density at radius 1 is 0.812 bits per heavy atom. The molecule has 1 saturated carbocycles. The van der Waals surface area contributed by atoms with E-state index in [1.165, 1.54) is 70.6 Å². The van der Waals surface area contributed by atoms with Crippen molar-refractivity contribution in [3.8, 4) is 0 Å². The first-order valence-corrected chi connectivity index (χ1v) is 7.86. The van der Waals surface area contributed by atoms with Gasteiger partial charge in [-0.3, -0.25) is 0 Å².